The Balaban J connectivity index is 2.33. The van der Waals surface area contributed by atoms with Crippen LogP contribution in [-0.2, 0) is 0 Å². The lowest BCUT2D eigenvalue weighted by Crippen LogP contribution is -2.07. The monoisotopic (exact) mass is 298 g/mol. The minimum absolute atomic E-state index is 0.0304. The number of carbonyl (C=O) groups is 1. The molecule has 0 unspecified atom stereocenters. The van der Waals surface area contributed by atoms with Crippen LogP contribution in [0.1, 0.15) is 10.4 Å². The summed E-state index contributed by atoms with van der Waals surface area (Å²) in [5.41, 5.74) is -0.380. The van der Waals surface area contributed by atoms with E-state index in [1.165, 1.54) is 24.3 Å². The minimum Gasteiger partial charge on any atom is -0.504 e. The number of phenolic OH excluding ortho intramolecular Hbond substituents is 2. The summed E-state index contributed by atoms with van der Waals surface area (Å²) in [5, 5.41) is 28.5. The van der Waals surface area contributed by atoms with Gasteiger partial charge in [0, 0.05) is 17.0 Å². The Bertz CT molecular complexity index is 954. The molecule has 6 nitrogen and oxygen atoms in total. The van der Waals surface area contributed by atoms with Gasteiger partial charge in [0.2, 0.25) is 0 Å². The van der Waals surface area contributed by atoms with Gasteiger partial charge < -0.3 is 19.7 Å². The van der Waals surface area contributed by atoms with Crippen molar-refractivity contribution in [2.24, 2.45) is 0 Å². The second-order valence-corrected chi connectivity index (χ2v) is 4.68. The van der Waals surface area contributed by atoms with E-state index < -0.39 is 17.3 Å². The highest BCUT2D eigenvalue weighted by Crippen LogP contribution is 2.31. The van der Waals surface area contributed by atoms with E-state index in [-0.39, 0.29) is 28.0 Å². The molecule has 0 aliphatic heterocycles. The molecule has 0 saturated heterocycles. The molecule has 6 heteroatoms. The van der Waals surface area contributed by atoms with E-state index in [0.29, 0.717) is 5.39 Å². The van der Waals surface area contributed by atoms with E-state index in [4.69, 9.17) is 4.42 Å². The summed E-state index contributed by atoms with van der Waals surface area (Å²) in [4.78, 5) is 23.4. The lowest BCUT2D eigenvalue weighted by molar-refractivity contribution is 0.0697. The molecule has 0 saturated carbocycles. The van der Waals surface area contributed by atoms with Gasteiger partial charge in [-0.2, -0.15) is 0 Å². The standard InChI is InChI=1S/C16H10O6/c17-12-6-8-5-11(16(21)22-14(8)7-13(12)18)9-3-1-2-4-10(9)15(19)20/h1-7,17-18H,(H,19,20). The number of aromatic hydroxyl groups is 2. The third kappa shape index (κ3) is 2.16. The fourth-order valence-corrected chi connectivity index (χ4v) is 2.24. The molecule has 3 rings (SSSR count). The predicted octanol–water partition coefficient (Wildman–Crippen LogP) is 2.57. The van der Waals surface area contributed by atoms with Gasteiger partial charge >= 0.3 is 11.6 Å². The van der Waals surface area contributed by atoms with E-state index >= 15 is 0 Å². The van der Waals surface area contributed by atoms with Crippen LogP contribution in [0, 0.1) is 0 Å². The van der Waals surface area contributed by atoms with Crippen LogP contribution in [0.25, 0.3) is 22.1 Å². The average Bonchev–Trinajstić information content (AvgIpc) is 2.48. The summed E-state index contributed by atoms with van der Waals surface area (Å²) in [7, 11) is 0. The molecule has 0 amide bonds. The lowest BCUT2D eigenvalue weighted by Gasteiger charge is -2.06. The first kappa shape index (κ1) is 13.7. The second-order valence-electron chi connectivity index (χ2n) is 4.68. The molecular weight excluding hydrogens is 288 g/mol. The van der Waals surface area contributed by atoms with Crippen LogP contribution in [0.5, 0.6) is 11.5 Å². The number of benzene rings is 2. The molecule has 3 N–H and O–H groups in total. The highest BCUT2D eigenvalue weighted by Gasteiger charge is 2.16. The third-order valence-electron chi connectivity index (χ3n) is 3.28. The van der Waals surface area contributed by atoms with Crippen LogP contribution < -0.4 is 5.63 Å². The first-order valence-electron chi connectivity index (χ1n) is 6.30. The molecule has 1 heterocycles. The molecule has 0 spiro atoms. The number of hydrogen-bond donors (Lipinski definition) is 3. The molecule has 22 heavy (non-hydrogen) atoms. The number of phenols is 2. The zero-order valence-corrected chi connectivity index (χ0v) is 11.1. The van der Waals surface area contributed by atoms with Gasteiger partial charge in [-0.25, -0.2) is 9.59 Å². The molecule has 0 aliphatic rings. The van der Waals surface area contributed by atoms with Gasteiger partial charge in [-0.1, -0.05) is 18.2 Å². The predicted molar refractivity (Wildman–Crippen MR) is 78.2 cm³/mol. The number of fused-ring (bicyclic) bond motifs is 1. The first-order valence-corrected chi connectivity index (χ1v) is 6.30. The van der Waals surface area contributed by atoms with Gasteiger partial charge in [0.1, 0.15) is 5.58 Å². The number of carboxylic acid groups (broad SMARTS) is 1. The SMILES string of the molecule is O=C(O)c1ccccc1-c1cc2cc(O)c(O)cc2oc1=O. The number of rotatable bonds is 2. The molecule has 0 fully saturated rings. The van der Waals surface area contributed by atoms with Crippen molar-refractivity contribution in [1.29, 1.82) is 0 Å². The average molecular weight is 298 g/mol. The van der Waals surface area contributed by atoms with Gasteiger partial charge in [0.15, 0.2) is 11.5 Å². The smallest absolute Gasteiger partial charge is 0.344 e. The van der Waals surface area contributed by atoms with E-state index in [1.54, 1.807) is 12.1 Å². The van der Waals surface area contributed by atoms with E-state index in [0.717, 1.165) is 6.07 Å². The highest BCUT2D eigenvalue weighted by atomic mass is 16.4. The Morgan fingerprint density at radius 3 is 2.36 bits per heavy atom. The van der Waals surface area contributed by atoms with Crippen molar-refractivity contribution in [2.75, 3.05) is 0 Å². The molecule has 3 aromatic rings. The minimum atomic E-state index is -1.16. The molecule has 0 atom stereocenters. The van der Waals surface area contributed by atoms with Crippen molar-refractivity contribution in [2.45, 2.75) is 0 Å². The van der Waals surface area contributed by atoms with Gasteiger partial charge in [-0.3, -0.25) is 0 Å². The molecule has 2 aromatic carbocycles. The van der Waals surface area contributed by atoms with Crippen LogP contribution in [0.2, 0.25) is 0 Å². The Kier molecular flexibility index (Phi) is 3.06. The fraction of sp³-hybridized carbons (Fsp3) is 0. The van der Waals surface area contributed by atoms with Crippen molar-refractivity contribution in [3.8, 4) is 22.6 Å². The molecule has 0 aliphatic carbocycles. The van der Waals surface area contributed by atoms with Gasteiger partial charge in [0.05, 0.1) is 11.1 Å². The quantitative estimate of drug-likeness (QED) is 0.495. The molecule has 0 radical (unpaired) electrons. The number of carboxylic acids is 1. The Hall–Kier alpha value is -3.28. The highest BCUT2D eigenvalue weighted by molar-refractivity contribution is 5.97. The van der Waals surface area contributed by atoms with Crippen molar-refractivity contribution < 1.29 is 24.5 Å². The van der Waals surface area contributed by atoms with Gasteiger partial charge in [-0.15, -0.1) is 0 Å². The van der Waals surface area contributed by atoms with Gasteiger partial charge in [-0.05, 0) is 18.2 Å². The summed E-state index contributed by atoms with van der Waals surface area (Å²) in [6.07, 6.45) is 0. The van der Waals surface area contributed by atoms with Crippen LogP contribution in [0.3, 0.4) is 0 Å². The van der Waals surface area contributed by atoms with Crippen molar-refractivity contribution in [3.63, 3.8) is 0 Å². The first-order chi connectivity index (χ1) is 10.5. The zero-order chi connectivity index (χ0) is 15.9. The Labute approximate surface area is 123 Å². The summed E-state index contributed by atoms with van der Waals surface area (Å²) in [6.45, 7) is 0. The van der Waals surface area contributed by atoms with E-state index in [9.17, 15) is 24.9 Å². The van der Waals surface area contributed by atoms with E-state index in [2.05, 4.69) is 0 Å². The second kappa shape index (κ2) is 4.92. The zero-order valence-electron chi connectivity index (χ0n) is 11.1. The Morgan fingerprint density at radius 2 is 1.64 bits per heavy atom. The summed E-state index contributed by atoms with van der Waals surface area (Å²) in [6, 6.07) is 9.83. The number of hydrogen-bond acceptors (Lipinski definition) is 5. The molecule has 110 valence electrons. The normalized spacial score (nSPS) is 10.7. The van der Waals surface area contributed by atoms with Crippen LogP contribution in [0.15, 0.2) is 51.7 Å². The molecule has 1 aromatic heterocycles. The fourth-order valence-electron chi connectivity index (χ4n) is 2.24. The van der Waals surface area contributed by atoms with E-state index in [1.807, 2.05) is 0 Å². The lowest BCUT2D eigenvalue weighted by atomic mass is 10.00. The molecular formula is C16H10O6. The van der Waals surface area contributed by atoms with Crippen molar-refractivity contribution >= 4 is 16.9 Å². The van der Waals surface area contributed by atoms with Crippen molar-refractivity contribution in [3.05, 3.63) is 58.4 Å². The maximum atomic E-state index is 12.1. The van der Waals surface area contributed by atoms with Crippen LogP contribution >= 0.6 is 0 Å². The topological polar surface area (TPSA) is 108 Å². The maximum absolute atomic E-state index is 12.1. The Morgan fingerprint density at radius 1 is 0.955 bits per heavy atom. The van der Waals surface area contributed by atoms with Crippen molar-refractivity contribution in [1.82, 2.24) is 0 Å². The van der Waals surface area contributed by atoms with Gasteiger partial charge in [0.25, 0.3) is 0 Å². The largest absolute Gasteiger partial charge is 0.504 e. The summed E-state index contributed by atoms with van der Waals surface area (Å²) in [5.74, 6) is -1.93. The number of aromatic carboxylic acids is 1. The summed E-state index contributed by atoms with van der Waals surface area (Å²) >= 11 is 0. The maximum Gasteiger partial charge on any atom is 0.344 e. The summed E-state index contributed by atoms with van der Waals surface area (Å²) < 4.78 is 5.10. The molecule has 0 bridgehead atoms. The van der Waals surface area contributed by atoms with Crippen LogP contribution in [0.4, 0.5) is 0 Å². The van der Waals surface area contributed by atoms with Crippen LogP contribution in [-0.4, -0.2) is 21.3 Å². The third-order valence-corrected chi connectivity index (χ3v) is 3.28.